The van der Waals surface area contributed by atoms with Crippen molar-refractivity contribution >= 4 is 11.6 Å². The summed E-state index contributed by atoms with van der Waals surface area (Å²) >= 11 is 5.98. The summed E-state index contributed by atoms with van der Waals surface area (Å²) < 4.78 is 0. The molecule has 0 bridgehead atoms. The van der Waals surface area contributed by atoms with Crippen molar-refractivity contribution in [1.82, 2.24) is 15.3 Å². The molecule has 3 nitrogen and oxygen atoms in total. The van der Waals surface area contributed by atoms with Gasteiger partial charge in [0.25, 0.3) is 0 Å². The van der Waals surface area contributed by atoms with Crippen molar-refractivity contribution in [3.05, 3.63) is 24.3 Å². The van der Waals surface area contributed by atoms with Gasteiger partial charge in [0.05, 0.1) is 6.54 Å². The minimum atomic E-state index is 0.277. The lowest BCUT2D eigenvalue weighted by Gasteiger charge is -2.06. The SMILES string of the molecule is CCC(Cl)CCNCc1ncccn1. The van der Waals surface area contributed by atoms with Crippen LogP contribution in [0.4, 0.5) is 0 Å². The first-order chi connectivity index (χ1) is 6.83. The number of aromatic nitrogens is 2. The van der Waals surface area contributed by atoms with Crippen LogP contribution in [0.5, 0.6) is 0 Å². The van der Waals surface area contributed by atoms with Crippen molar-refractivity contribution in [2.45, 2.75) is 31.7 Å². The van der Waals surface area contributed by atoms with Gasteiger partial charge < -0.3 is 5.32 Å². The third-order valence-electron chi connectivity index (χ3n) is 1.98. The summed E-state index contributed by atoms with van der Waals surface area (Å²) in [4.78, 5) is 8.22. The normalized spacial score (nSPS) is 12.7. The molecule has 0 spiro atoms. The molecule has 1 N–H and O–H groups in total. The summed E-state index contributed by atoms with van der Waals surface area (Å²) in [7, 11) is 0. The lowest BCUT2D eigenvalue weighted by atomic mass is 10.2. The first-order valence-corrected chi connectivity index (χ1v) is 5.37. The predicted octanol–water partition coefficient (Wildman–Crippen LogP) is 1.97. The molecule has 1 aromatic heterocycles. The van der Waals surface area contributed by atoms with Crippen molar-refractivity contribution in [2.75, 3.05) is 6.54 Å². The quantitative estimate of drug-likeness (QED) is 0.580. The number of alkyl halides is 1. The molecule has 1 rings (SSSR count). The van der Waals surface area contributed by atoms with Gasteiger partial charge in [0.2, 0.25) is 0 Å². The minimum absolute atomic E-state index is 0.277. The second-order valence-electron chi connectivity index (χ2n) is 3.14. The third kappa shape index (κ3) is 4.53. The zero-order valence-corrected chi connectivity index (χ0v) is 9.17. The number of rotatable bonds is 6. The van der Waals surface area contributed by atoms with Crippen molar-refractivity contribution in [3.8, 4) is 0 Å². The minimum Gasteiger partial charge on any atom is -0.310 e. The molecular formula is C10H16ClN3. The highest BCUT2D eigenvalue weighted by molar-refractivity contribution is 6.20. The number of hydrogen-bond acceptors (Lipinski definition) is 3. The third-order valence-corrected chi connectivity index (χ3v) is 2.51. The van der Waals surface area contributed by atoms with E-state index in [1.165, 1.54) is 0 Å². The molecule has 0 fully saturated rings. The molecule has 78 valence electrons. The fourth-order valence-electron chi connectivity index (χ4n) is 1.08. The maximum absolute atomic E-state index is 5.98. The molecule has 0 saturated carbocycles. The van der Waals surface area contributed by atoms with Crippen LogP contribution in [0.25, 0.3) is 0 Å². The molecule has 0 aliphatic rings. The summed E-state index contributed by atoms with van der Waals surface area (Å²) in [6.07, 6.45) is 5.51. The Morgan fingerprint density at radius 3 is 2.79 bits per heavy atom. The maximum atomic E-state index is 5.98. The van der Waals surface area contributed by atoms with Gasteiger partial charge in [0.15, 0.2) is 0 Å². The van der Waals surface area contributed by atoms with Crippen molar-refractivity contribution in [1.29, 1.82) is 0 Å². The van der Waals surface area contributed by atoms with E-state index in [2.05, 4.69) is 22.2 Å². The van der Waals surface area contributed by atoms with Crippen LogP contribution in [-0.4, -0.2) is 21.9 Å². The van der Waals surface area contributed by atoms with Gasteiger partial charge in [-0.1, -0.05) is 6.92 Å². The van der Waals surface area contributed by atoms with E-state index in [1.54, 1.807) is 12.4 Å². The Kier molecular flexibility index (Phi) is 5.49. The van der Waals surface area contributed by atoms with Gasteiger partial charge in [0, 0.05) is 17.8 Å². The topological polar surface area (TPSA) is 37.8 Å². The molecule has 1 aromatic rings. The standard InChI is InChI=1S/C10H16ClN3/c1-2-9(11)4-7-12-8-10-13-5-3-6-14-10/h3,5-6,9,12H,2,4,7-8H2,1H3. The van der Waals surface area contributed by atoms with Gasteiger partial charge in [-0.3, -0.25) is 0 Å². The summed E-state index contributed by atoms with van der Waals surface area (Å²) in [5.74, 6) is 0.829. The highest BCUT2D eigenvalue weighted by Crippen LogP contribution is 2.04. The fourth-order valence-corrected chi connectivity index (χ4v) is 1.19. The number of halogens is 1. The van der Waals surface area contributed by atoms with Crippen LogP contribution < -0.4 is 5.32 Å². The van der Waals surface area contributed by atoms with E-state index in [-0.39, 0.29) is 5.38 Å². The van der Waals surface area contributed by atoms with E-state index >= 15 is 0 Å². The molecule has 0 aliphatic heterocycles. The Balaban J connectivity index is 2.10. The highest BCUT2D eigenvalue weighted by atomic mass is 35.5. The average Bonchev–Trinajstić information content (AvgIpc) is 2.25. The van der Waals surface area contributed by atoms with Crippen LogP contribution in [0.3, 0.4) is 0 Å². The molecule has 1 heterocycles. The van der Waals surface area contributed by atoms with Crippen LogP contribution in [0.15, 0.2) is 18.5 Å². The Bertz CT molecular complexity index is 240. The van der Waals surface area contributed by atoms with Gasteiger partial charge in [-0.25, -0.2) is 9.97 Å². The predicted molar refractivity (Wildman–Crippen MR) is 58.3 cm³/mol. The van der Waals surface area contributed by atoms with Crippen LogP contribution in [0.1, 0.15) is 25.6 Å². The van der Waals surface area contributed by atoms with Crippen molar-refractivity contribution in [2.24, 2.45) is 0 Å². The van der Waals surface area contributed by atoms with E-state index in [4.69, 9.17) is 11.6 Å². The molecule has 0 saturated heterocycles. The largest absolute Gasteiger partial charge is 0.310 e. The monoisotopic (exact) mass is 213 g/mol. The number of nitrogens with zero attached hydrogens (tertiary/aromatic N) is 2. The van der Waals surface area contributed by atoms with Crippen LogP contribution >= 0.6 is 11.6 Å². The summed E-state index contributed by atoms with van der Waals surface area (Å²) in [6.45, 7) is 3.73. The average molecular weight is 214 g/mol. The number of hydrogen-bond donors (Lipinski definition) is 1. The lowest BCUT2D eigenvalue weighted by Crippen LogP contribution is -2.19. The summed E-state index contributed by atoms with van der Waals surface area (Å²) in [5.41, 5.74) is 0. The molecule has 4 heteroatoms. The second kappa shape index (κ2) is 6.74. The lowest BCUT2D eigenvalue weighted by molar-refractivity contribution is 0.607. The Hall–Kier alpha value is -0.670. The van der Waals surface area contributed by atoms with Gasteiger partial charge in [0.1, 0.15) is 5.82 Å². The van der Waals surface area contributed by atoms with E-state index in [0.717, 1.165) is 25.2 Å². The number of nitrogens with one attached hydrogen (secondary N) is 1. The van der Waals surface area contributed by atoms with Crippen LogP contribution in [0, 0.1) is 0 Å². The first-order valence-electron chi connectivity index (χ1n) is 4.93. The van der Waals surface area contributed by atoms with Gasteiger partial charge in [-0.15, -0.1) is 11.6 Å². The highest BCUT2D eigenvalue weighted by Gasteiger charge is 2.00. The van der Waals surface area contributed by atoms with E-state index in [9.17, 15) is 0 Å². The van der Waals surface area contributed by atoms with Crippen molar-refractivity contribution < 1.29 is 0 Å². The van der Waals surface area contributed by atoms with Gasteiger partial charge >= 0.3 is 0 Å². The van der Waals surface area contributed by atoms with E-state index in [0.29, 0.717) is 6.54 Å². The Labute approximate surface area is 89.9 Å². The van der Waals surface area contributed by atoms with E-state index in [1.807, 2.05) is 6.07 Å². The molecular weight excluding hydrogens is 198 g/mol. The molecule has 0 aromatic carbocycles. The molecule has 1 atom stereocenters. The smallest absolute Gasteiger partial charge is 0.141 e. The summed E-state index contributed by atoms with van der Waals surface area (Å²) in [6, 6.07) is 1.81. The van der Waals surface area contributed by atoms with E-state index < -0.39 is 0 Å². The molecule has 0 aliphatic carbocycles. The van der Waals surface area contributed by atoms with Crippen LogP contribution in [-0.2, 0) is 6.54 Å². The molecule has 1 unspecified atom stereocenters. The molecule has 0 radical (unpaired) electrons. The Morgan fingerprint density at radius 1 is 1.43 bits per heavy atom. The van der Waals surface area contributed by atoms with Crippen LogP contribution in [0.2, 0.25) is 0 Å². The maximum Gasteiger partial charge on any atom is 0.141 e. The molecule has 14 heavy (non-hydrogen) atoms. The Morgan fingerprint density at radius 2 is 2.14 bits per heavy atom. The van der Waals surface area contributed by atoms with Crippen molar-refractivity contribution in [3.63, 3.8) is 0 Å². The van der Waals surface area contributed by atoms with Gasteiger partial charge in [-0.05, 0) is 25.5 Å². The fraction of sp³-hybridized carbons (Fsp3) is 0.600. The summed E-state index contributed by atoms with van der Waals surface area (Å²) in [5, 5.41) is 3.53. The van der Waals surface area contributed by atoms with Gasteiger partial charge in [-0.2, -0.15) is 0 Å². The second-order valence-corrected chi connectivity index (χ2v) is 3.75. The zero-order valence-electron chi connectivity index (χ0n) is 8.41. The zero-order chi connectivity index (χ0) is 10.2. The first kappa shape index (κ1) is 11.4. The molecule has 0 amide bonds.